The van der Waals surface area contributed by atoms with Crippen molar-refractivity contribution in [2.24, 2.45) is 17.8 Å². The molecule has 4 unspecified atom stereocenters. The van der Waals surface area contributed by atoms with Gasteiger partial charge in [0.15, 0.2) is 0 Å². The van der Waals surface area contributed by atoms with E-state index < -0.39 is 0 Å². The van der Waals surface area contributed by atoms with Crippen LogP contribution in [0.5, 0.6) is 0 Å². The van der Waals surface area contributed by atoms with Crippen molar-refractivity contribution in [1.29, 1.82) is 0 Å². The minimum absolute atomic E-state index is 0.0163. The Morgan fingerprint density at radius 3 is 2.86 bits per heavy atom. The molecule has 0 spiro atoms. The normalized spacial score (nSPS) is 42.9. The van der Waals surface area contributed by atoms with E-state index in [1.807, 2.05) is 0 Å². The van der Waals surface area contributed by atoms with Crippen LogP contribution in [0.1, 0.15) is 12.8 Å². The molecule has 2 fully saturated rings. The summed E-state index contributed by atoms with van der Waals surface area (Å²) in [5, 5.41) is 0. The second kappa shape index (κ2) is 3.09. The second-order valence-electron chi connectivity index (χ2n) is 4.47. The van der Waals surface area contributed by atoms with Gasteiger partial charge in [0, 0.05) is 0 Å². The van der Waals surface area contributed by atoms with Gasteiger partial charge < -0.3 is 9.47 Å². The highest BCUT2D eigenvalue weighted by Gasteiger charge is 2.41. The zero-order chi connectivity index (χ0) is 9.54. The lowest BCUT2D eigenvalue weighted by Gasteiger charge is -2.15. The molecule has 3 heteroatoms. The molecule has 0 N–H and O–H groups in total. The molecule has 0 radical (unpaired) electrons. The highest BCUT2D eigenvalue weighted by atomic mass is 16.6. The molecule has 2 bridgehead atoms. The van der Waals surface area contributed by atoms with Crippen molar-refractivity contribution in [2.45, 2.75) is 18.9 Å². The number of carbonyl (C=O) groups is 1. The molecule has 3 aliphatic rings. The summed E-state index contributed by atoms with van der Waals surface area (Å²) in [4.78, 5) is 11.7. The molecule has 1 saturated carbocycles. The van der Waals surface area contributed by atoms with E-state index in [0.29, 0.717) is 18.4 Å². The molecule has 3 nitrogen and oxygen atoms in total. The van der Waals surface area contributed by atoms with Crippen LogP contribution in [0, 0.1) is 17.8 Å². The average molecular weight is 194 g/mol. The number of allylic oxidation sites excluding steroid dienone is 2. The average Bonchev–Trinajstić information content (AvgIpc) is 2.79. The number of ether oxygens (including phenoxy) is 2. The second-order valence-corrected chi connectivity index (χ2v) is 4.47. The molecule has 14 heavy (non-hydrogen) atoms. The molecule has 2 aliphatic carbocycles. The van der Waals surface area contributed by atoms with Gasteiger partial charge in [-0.15, -0.1) is 0 Å². The maximum atomic E-state index is 11.7. The molecule has 0 aromatic heterocycles. The fourth-order valence-corrected chi connectivity index (χ4v) is 2.50. The van der Waals surface area contributed by atoms with Gasteiger partial charge in [0.05, 0.1) is 12.5 Å². The first-order chi connectivity index (χ1) is 6.83. The quantitative estimate of drug-likeness (QED) is 0.384. The molecule has 1 saturated heterocycles. The van der Waals surface area contributed by atoms with Crippen molar-refractivity contribution in [1.82, 2.24) is 0 Å². The van der Waals surface area contributed by atoms with Gasteiger partial charge in [-0.2, -0.15) is 0 Å². The topological polar surface area (TPSA) is 38.8 Å². The molecule has 0 aromatic rings. The monoisotopic (exact) mass is 194 g/mol. The summed E-state index contributed by atoms with van der Waals surface area (Å²) in [5.41, 5.74) is 0. The van der Waals surface area contributed by atoms with Gasteiger partial charge in [0.25, 0.3) is 0 Å². The van der Waals surface area contributed by atoms with Crippen molar-refractivity contribution in [3.05, 3.63) is 12.2 Å². The summed E-state index contributed by atoms with van der Waals surface area (Å²) in [6.07, 6.45) is 6.74. The molecule has 3 rings (SSSR count). The summed E-state index contributed by atoms with van der Waals surface area (Å²) in [6, 6.07) is 0. The predicted octanol–water partition coefficient (Wildman–Crippen LogP) is 1.14. The summed E-state index contributed by atoms with van der Waals surface area (Å²) >= 11 is 0. The van der Waals surface area contributed by atoms with Gasteiger partial charge in [-0.3, -0.25) is 4.79 Å². The van der Waals surface area contributed by atoms with Gasteiger partial charge in [-0.25, -0.2) is 0 Å². The lowest BCUT2D eigenvalue weighted by molar-refractivity contribution is -0.149. The van der Waals surface area contributed by atoms with E-state index in [2.05, 4.69) is 12.2 Å². The van der Waals surface area contributed by atoms with Crippen LogP contribution in [0.3, 0.4) is 0 Å². The van der Waals surface area contributed by atoms with E-state index in [0.717, 1.165) is 19.4 Å². The number of fused-ring (bicyclic) bond motifs is 2. The first kappa shape index (κ1) is 8.48. The van der Waals surface area contributed by atoms with Crippen LogP contribution in [-0.2, 0) is 14.3 Å². The highest BCUT2D eigenvalue weighted by Crippen LogP contribution is 2.43. The molecule has 76 valence electrons. The Morgan fingerprint density at radius 1 is 1.43 bits per heavy atom. The molecule has 0 aromatic carbocycles. The van der Waals surface area contributed by atoms with E-state index in [-0.39, 0.29) is 18.0 Å². The third kappa shape index (κ3) is 1.46. The van der Waals surface area contributed by atoms with Crippen molar-refractivity contribution in [2.75, 3.05) is 13.2 Å². The van der Waals surface area contributed by atoms with Gasteiger partial charge in [0.2, 0.25) is 0 Å². The predicted molar refractivity (Wildman–Crippen MR) is 49.5 cm³/mol. The Kier molecular flexibility index (Phi) is 1.87. The first-order valence-corrected chi connectivity index (χ1v) is 5.29. The van der Waals surface area contributed by atoms with Crippen LogP contribution in [0.2, 0.25) is 0 Å². The Bertz CT molecular complexity index is 280. The standard InChI is InChI=1S/C11H14O3/c12-11(14-6-9-5-13-9)10-4-7-1-2-8(10)3-7/h1-2,7-10H,3-6H2. The van der Waals surface area contributed by atoms with Crippen LogP contribution in [0.4, 0.5) is 0 Å². The Morgan fingerprint density at radius 2 is 2.29 bits per heavy atom. The number of hydrogen-bond acceptors (Lipinski definition) is 3. The van der Waals surface area contributed by atoms with Crippen LogP contribution in [0.25, 0.3) is 0 Å². The van der Waals surface area contributed by atoms with Gasteiger partial charge >= 0.3 is 5.97 Å². The fraction of sp³-hybridized carbons (Fsp3) is 0.727. The first-order valence-electron chi connectivity index (χ1n) is 5.29. The maximum absolute atomic E-state index is 11.7. The lowest BCUT2D eigenvalue weighted by Crippen LogP contribution is -2.23. The van der Waals surface area contributed by atoms with E-state index in [1.54, 1.807) is 0 Å². The third-order valence-corrected chi connectivity index (χ3v) is 3.40. The molecular formula is C11H14O3. The van der Waals surface area contributed by atoms with Gasteiger partial charge in [0.1, 0.15) is 12.7 Å². The van der Waals surface area contributed by atoms with Crippen LogP contribution in [0.15, 0.2) is 12.2 Å². The largest absolute Gasteiger partial charge is 0.463 e. The van der Waals surface area contributed by atoms with E-state index in [1.165, 1.54) is 0 Å². The van der Waals surface area contributed by atoms with Crippen molar-refractivity contribution in [3.8, 4) is 0 Å². The Labute approximate surface area is 83.1 Å². The third-order valence-electron chi connectivity index (χ3n) is 3.40. The van der Waals surface area contributed by atoms with Crippen LogP contribution < -0.4 is 0 Å². The highest BCUT2D eigenvalue weighted by molar-refractivity contribution is 5.74. The van der Waals surface area contributed by atoms with Crippen LogP contribution >= 0.6 is 0 Å². The van der Waals surface area contributed by atoms with E-state index in [4.69, 9.17) is 9.47 Å². The molecule has 1 aliphatic heterocycles. The summed E-state index contributed by atoms with van der Waals surface area (Å²) in [7, 11) is 0. The Balaban J connectivity index is 1.54. The fourth-order valence-electron chi connectivity index (χ4n) is 2.50. The smallest absolute Gasteiger partial charge is 0.309 e. The zero-order valence-electron chi connectivity index (χ0n) is 8.02. The SMILES string of the molecule is O=C(OCC1CO1)C1CC2C=CC1C2. The molecule has 0 amide bonds. The van der Waals surface area contributed by atoms with Gasteiger partial charge in [-0.1, -0.05) is 12.2 Å². The van der Waals surface area contributed by atoms with Crippen molar-refractivity contribution >= 4 is 5.97 Å². The molecule has 1 heterocycles. The van der Waals surface area contributed by atoms with Gasteiger partial charge in [-0.05, 0) is 24.7 Å². The van der Waals surface area contributed by atoms with E-state index >= 15 is 0 Å². The number of carbonyl (C=O) groups excluding carboxylic acids is 1. The molecular weight excluding hydrogens is 180 g/mol. The number of rotatable bonds is 3. The number of hydrogen-bond donors (Lipinski definition) is 0. The summed E-state index contributed by atoms with van der Waals surface area (Å²) in [6.45, 7) is 1.21. The Hall–Kier alpha value is -0.830. The minimum atomic E-state index is -0.0163. The minimum Gasteiger partial charge on any atom is -0.463 e. The molecule has 4 atom stereocenters. The maximum Gasteiger partial charge on any atom is 0.309 e. The lowest BCUT2D eigenvalue weighted by atomic mass is 9.94. The van der Waals surface area contributed by atoms with E-state index in [9.17, 15) is 4.79 Å². The van der Waals surface area contributed by atoms with Crippen molar-refractivity contribution < 1.29 is 14.3 Å². The summed E-state index contributed by atoms with van der Waals surface area (Å²) < 4.78 is 10.2. The number of esters is 1. The van der Waals surface area contributed by atoms with Crippen molar-refractivity contribution in [3.63, 3.8) is 0 Å². The number of epoxide rings is 1. The van der Waals surface area contributed by atoms with Crippen LogP contribution in [-0.4, -0.2) is 25.3 Å². The summed E-state index contributed by atoms with van der Waals surface area (Å²) in [5.74, 6) is 1.20. The zero-order valence-corrected chi connectivity index (χ0v) is 8.02.